The first kappa shape index (κ1) is 12.3. The normalized spacial score (nSPS) is 10.3. The van der Waals surface area contributed by atoms with Gasteiger partial charge in [-0.15, -0.1) is 0 Å². The van der Waals surface area contributed by atoms with Crippen molar-refractivity contribution in [3.63, 3.8) is 0 Å². The van der Waals surface area contributed by atoms with Crippen LogP contribution in [0.2, 0.25) is 5.02 Å². The number of benzene rings is 1. The Bertz CT molecular complexity index is 534. The summed E-state index contributed by atoms with van der Waals surface area (Å²) in [6.45, 7) is 0.569. The molecular weight excluding hydrogens is 307 g/mol. The summed E-state index contributed by atoms with van der Waals surface area (Å²) in [5.74, 6) is -0.280. The van der Waals surface area contributed by atoms with Crippen molar-refractivity contribution in [3.05, 3.63) is 57.5 Å². The number of nitrogens with zero attached hydrogens (tertiary/aromatic N) is 1. The van der Waals surface area contributed by atoms with Crippen LogP contribution in [-0.2, 0) is 6.54 Å². The molecule has 0 saturated heterocycles. The molecule has 1 heterocycles. The Labute approximate surface area is 112 Å². The van der Waals surface area contributed by atoms with Gasteiger partial charge in [0.1, 0.15) is 5.82 Å². The second kappa shape index (κ2) is 5.47. The number of hydrogen-bond donors (Lipinski definition) is 1. The molecule has 0 aliphatic rings. The van der Waals surface area contributed by atoms with Gasteiger partial charge >= 0.3 is 0 Å². The molecule has 0 fully saturated rings. The van der Waals surface area contributed by atoms with Crippen LogP contribution in [0.15, 0.2) is 41.1 Å². The molecule has 88 valence electrons. The second-order valence-corrected chi connectivity index (χ2v) is 4.71. The van der Waals surface area contributed by atoms with E-state index < -0.39 is 0 Å². The van der Waals surface area contributed by atoms with Crippen molar-refractivity contribution in [2.45, 2.75) is 6.54 Å². The molecule has 0 radical (unpaired) electrons. The Morgan fingerprint density at radius 1 is 1.35 bits per heavy atom. The molecule has 2 aromatic rings. The van der Waals surface area contributed by atoms with Gasteiger partial charge in [-0.2, -0.15) is 0 Å². The molecule has 0 atom stereocenters. The maximum atomic E-state index is 13.0. The topological polar surface area (TPSA) is 24.9 Å². The molecule has 0 saturated carbocycles. The number of nitrogens with one attached hydrogen (secondary N) is 1. The van der Waals surface area contributed by atoms with Crippen molar-refractivity contribution in [3.8, 4) is 0 Å². The van der Waals surface area contributed by atoms with Crippen LogP contribution in [0, 0.1) is 5.82 Å². The quantitative estimate of drug-likeness (QED) is 0.916. The minimum atomic E-state index is -0.280. The van der Waals surface area contributed by atoms with E-state index in [1.165, 1.54) is 6.07 Å². The van der Waals surface area contributed by atoms with Crippen LogP contribution in [0.3, 0.4) is 0 Å². The van der Waals surface area contributed by atoms with Crippen molar-refractivity contribution >= 4 is 33.2 Å². The summed E-state index contributed by atoms with van der Waals surface area (Å²) >= 11 is 9.11. The van der Waals surface area contributed by atoms with Crippen LogP contribution in [0.25, 0.3) is 0 Å². The minimum Gasteiger partial charge on any atom is -0.381 e. The highest BCUT2D eigenvalue weighted by Gasteiger charge is 2.02. The lowest BCUT2D eigenvalue weighted by molar-refractivity contribution is 0.621. The van der Waals surface area contributed by atoms with E-state index >= 15 is 0 Å². The summed E-state index contributed by atoms with van der Waals surface area (Å²) in [6.07, 6.45) is 3.28. The molecule has 1 aromatic heterocycles. The van der Waals surface area contributed by atoms with Gasteiger partial charge in [0.05, 0.1) is 9.50 Å². The average molecular weight is 316 g/mol. The fourth-order valence-electron chi connectivity index (χ4n) is 1.35. The summed E-state index contributed by atoms with van der Waals surface area (Å²) in [7, 11) is 0. The van der Waals surface area contributed by atoms with Gasteiger partial charge in [0.25, 0.3) is 0 Å². The summed E-state index contributed by atoms with van der Waals surface area (Å²) in [5.41, 5.74) is 1.77. The Kier molecular flexibility index (Phi) is 3.97. The highest BCUT2D eigenvalue weighted by molar-refractivity contribution is 9.10. The zero-order valence-corrected chi connectivity index (χ0v) is 11.1. The SMILES string of the molecule is Fc1ccc(NCc2ccncc2Cl)cc1Br. The largest absolute Gasteiger partial charge is 0.381 e. The Morgan fingerprint density at radius 2 is 2.18 bits per heavy atom. The number of anilines is 1. The zero-order valence-electron chi connectivity index (χ0n) is 8.75. The third-order valence-electron chi connectivity index (χ3n) is 2.26. The van der Waals surface area contributed by atoms with Crippen LogP contribution in [0.5, 0.6) is 0 Å². The molecule has 0 aliphatic carbocycles. The van der Waals surface area contributed by atoms with Gasteiger partial charge in [0.2, 0.25) is 0 Å². The number of aromatic nitrogens is 1. The summed E-state index contributed by atoms with van der Waals surface area (Å²) in [4.78, 5) is 3.91. The molecule has 0 bridgehead atoms. The maximum Gasteiger partial charge on any atom is 0.137 e. The van der Waals surface area contributed by atoms with E-state index in [0.717, 1.165) is 11.3 Å². The monoisotopic (exact) mass is 314 g/mol. The number of hydrogen-bond acceptors (Lipinski definition) is 2. The minimum absolute atomic E-state index is 0.280. The zero-order chi connectivity index (χ0) is 12.3. The second-order valence-electron chi connectivity index (χ2n) is 3.45. The van der Waals surface area contributed by atoms with Gasteiger partial charge in [0.15, 0.2) is 0 Å². The van der Waals surface area contributed by atoms with E-state index in [4.69, 9.17) is 11.6 Å². The van der Waals surface area contributed by atoms with Gasteiger partial charge < -0.3 is 5.32 Å². The van der Waals surface area contributed by atoms with Crippen LogP contribution < -0.4 is 5.32 Å². The molecule has 2 nitrogen and oxygen atoms in total. The van der Waals surface area contributed by atoms with E-state index in [1.807, 2.05) is 6.07 Å². The highest BCUT2D eigenvalue weighted by atomic mass is 79.9. The predicted octanol–water partition coefficient (Wildman–Crippen LogP) is 4.25. The first-order valence-electron chi connectivity index (χ1n) is 4.94. The maximum absolute atomic E-state index is 13.0. The molecule has 0 spiro atoms. The van der Waals surface area contributed by atoms with E-state index in [-0.39, 0.29) is 5.82 Å². The van der Waals surface area contributed by atoms with Crippen LogP contribution in [0.1, 0.15) is 5.56 Å². The third kappa shape index (κ3) is 3.17. The van der Waals surface area contributed by atoms with E-state index in [0.29, 0.717) is 16.0 Å². The predicted molar refractivity (Wildman–Crippen MR) is 70.7 cm³/mol. The molecule has 17 heavy (non-hydrogen) atoms. The van der Waals surface area contributed by atoms with Gasteiger partial charge in [-0.05, 0) is 45.8 Å². The van der Waals surface area contributed by atoms with Crippen molar-refractivity contribution in [1.29, 1.82) is 0 Å². The molecule has 0 aliphatic heterocycles. The Balaban J connectivity index is 2.08. The molecule has 2 rings (SSSR count). The van der Waals surface area contributed by atoms with Crippen molar-refractivity contribution in [2.24, 2.45) is 0 Å². The summed E-state index contributed by atoms with van der Waals surface area (Å²) < 4.78 is 13.5. The fourth-order valence-corrected chi connectivity index (χ4v) is 1.92. The number of halogens is 3. The first-order valence-corrected chi connectivity index (χ1v) is 6.11. The van der Waals surface area contributed by atoms with Gasteiger partial charge in [-0.1, -0.05) is 11.6 Å². The summed E-state index contributed by atoms with van der Waals surface area (Å²) in [6, 6.07) is 6.61. The standard InChI is InChI=1S/C12H9BrClFN2/c13-10-5-9(1-2-12(10)15)17-6-8-3-4-16-7-11(8)14/h1-5,7,17H,6H2. The molecule has 1 aromatic carbocycles. The van der Waals surface area contributed by atoms with E-state index in [2.05, 4.69) is 26.2 Å². The lowest BCUT2D eigenvalue weighted by Gasteiger charge is -2.08. The van der Waals surface area contributed by atoms with Crippen molar-refractivity contribution < 1.29 is 4.39 Å². The van der Waals surface area contributed by atoms with Crippen LogP contribution in [0.4, 0.5) is 10.1 Å². The molecule has 5 heteroatoms. The van der Waals surface area contributed by atoms with Gasteiger partial charge in [-0.25, -0.2) is 4.39 Å². The molecule has 0 amide bonds. The van der Waals surface area contributed by atoms with Gasteiger partial charge in [-0.3, -0.25) is 4.98 Å². The van der Waals surface area contributed by atoms with E-state index in [9.17, 15) is 4.39 Å². The summed E-state index contributed by atoms with van der Waals surface area (Å²) in [5, 5.41) is 3.77. The molecule has 0 unspecified atom stereocenters. The molecular formula is C12H9BrClFN2. The van der Waals surface area contributed by atoms with Crippen molar-refractivity contribution in [2.75, 3.05) is 5.32 Å². The third-order valence-corrected chi connectivity index (χ3v) is 3.21. The van der Waals surface area contributed by atoms with Gasteiger partial charge in [0, 0.05) is 24.6 Å². The Morgan fingerprint density at radius 3 is 2.88 bits per heavy atom. The number of rotatable bonds is 3. The Hall–Kier alpha value is -1.13. The van der Waals surface area contributed by atoms with Crippen molar-refractivity contribution in [1.82, 2.24) is 4.98 Å². The molecule has 1 N–H and O–H groups in total. The fraction of sp³-hybridized carbons (Fsp3) is 0.0833. The lowest BCUT2D eigenvalue weighted by Crippen LogP contribution is -2.00. The smallest absolute Gasteiger partial charge is 0.137 e. The average Bonchev–Trinajstić information content (AvgIpc) is 2.32. The lowest BCUT2D eigenvalue weighted by atomic mass is 10.2. The highest BCUT2D eigenvalue weighted by Crippen LogP contribution is 2.21. The first-order chi connectivity index (χ1) is 8.16. The van der Waals surface area contributed by atoms with Crippen LogP contribution in [-0.4, -0.2) is 4.98 Å². The number of pyridine rings is 1. The van der Waals surface area contributed by atoms with E-state index in [1.54, 1.807) is 24.5 Å². The van der Waals surface area contributed by atoms with Crippen LogP contribution >= 0.6 is 27.5 Å².